The van der Waals surface area contributed by atoms with E-state index < -0.39 is 0 Å². The first-order valence-electron chi connectivity index (χ1n) is 6.24. The number of hydrogen-bond acceptors (Lipinski definition) is 7. The van der Waals surface area contributed by atoms with Crippen LogP contribution in [0.4, 0.5) is 11.8 Å². The Balaban J connectivity index is 1.78. The van der Waals surface area contributed by atoms with Gasteiger partial charge in [0.2, 0.25) is 5.95 Å². The van der Waals surface area contributed by atoms with Gasteiger partial charge in [0.15, 0.2) is 0 Å². The predicted molar refractivity (Wildman–Crippen MR) is 79.8 cm³/mol. The van der Waals surface area contributed by atoms with Crippen LogP contribution in [0.5, 0.6) is 0 Å². The second-order valence-electron chi connectivity index (χ2n) is 4.54. The third-order valence-electron chi connectivity index (χ3n) is 2.98. The molecule has 0 fully saturated rings. The van der Waals surface area contributed by atoms with Crippen LogP contribution in [0.3, 0.4) is 0 Å². The van der Waals surface area contributed by atoms with E-state index in [4.69, 9.17) is 5.73 Å². The fourth-order valence-electron chi connectivity index (χ4n) is 2.02. The van der Waals surface area contributed by atoms with Gasteiger partial charge in [-0.3, -0.25) is 0 Å². The molecule has 8 heteroatoms. The van der Waals surface area contributed by atoms with Gasteiger partial charge in [0, 0.05) is 24.9 Å². The number of nitrogen functional groups attached to an aromatic ring is 1. The number of nitrogens with one attached hydrogen (secondary N) is 1. The highest BCUT2D eigenvalue weighted by atomic mass is 32.1. The molecule has 3 heterocycles. The highest BCUT2D eigenvalue weighted by Crippen LogP contribution is 2.28. The molecule has 0 aliphatic heterocycles. The molecule has 0 atom stereocenters. The van der Waals surface area contributed by atoms with Crippen LogP contribution in [-0.2, 0) is 13.5 Å². The number of anilines is 2. The maximum atomic E-state index is 5.74. The van der Waals surface area contributed by atoms with Crippen molar-refractivity contribution in [3.05, 3.63) is 23.1 Å². The van der Waals surface area contributed by atoms with Crippen molar-refractivity contribution in [2.75, 3.05) is 17.6 Å². The Kier molecular flexibility index (Phi) is 3.23. The lowest BCUT2D eigenvalue weighted by molar-refractivity contribution is 0.788. The van der Waals surface area contributed by atoms with E-state index >= 15 is 0 Å². The summed E-state index contributed by atoms with van der Waals surface area (Å²) >= 11 is 1.62. The van der Waals surface area contributed by atoms with Crippen molar-refractivity contribution in [3.63, 3.8) is 0 Å². The molecule has 3 aromatic rings. The van der Waals surface area contributed by atoms with E-state index in [-0.39, 0.29) is 0 Å². The van der Waals surface area contributed by atoms with Crippen LogP contribution in [0.1, 0.15) is 10.7 Å². The van der Waals surface area contributed by atoms with E-state index in [1.165, 1.54) is 4.88 Å². The summed E-state index contributed by atoms with van der Waals surface area (Å²) in [5, 5.41) is 12.2. The molecule has 0 radical (unpaired) electrons. The topological polar surface area (TPSA) is 94.5 Å². The lowest BCUT2D eigenvalue weighted by Gasteiger charge is -2.07. The van der Waals surface area contributed by atoms with E-state index in [1.54, 1.807) is 17.7 Å². The second-order valence-corrected chi connectivity index (χ2v) is 5.78. The van der Waals surface area contributed by atoms with E-state index in [9.17, 15) is 0 Å². The third kappa shape index (κ3) is 2.42. The van der Waals surface area contributed by atoms with Crippen LogP contribution in [0.25, 0.3) is 10.2 Å². The molecule has 0 unspecified atom stereocenters. The lowest BCUT2D eigenvalue weighted by Crippen LogP contribution is -2.10. The summed E-state index contributed by atoms with van der Waals surface area (Å²) in [6.45, 7) is 2.76. The number of rotatable bonds is 4. The van der Waals surface area contributed by atoms with Gasteiger partial charge in [0.05, 0.1) is 5.39 Å². The number of nitrogens with two attached hydrogens (primary N) is 1. The summed E-state index contributed by atoms with van der Waals surface area (Å²) in [6.07, 6.45) is 2.46. The molecule has 0 spiro atoms. The van der Waals surface area contributed by atoms with E-state index in [2.05, 4.69) is 31.5 Å². The standard InChI is InChI=1S/C12H15N7S/c1-7-5-8-10(16-12(13)17-11(8)20-7)14-4-3-9-18-15-6-19(9)2/h5-6H,3-4H2,1-2H3,(H3,13,14,16,17). The summed E-state index contributed by atoms with van der Waals surface area (Å²) in [6, 6.07) is 2.07. The second kappa shape index (κ2) is 5.04. The van der Waals surface area contributed by atoms with E-state index in [0.29, 0.717) is 12.5 Å². The van der Waals surface area contributed by atoms with Crippen molar-refractivity contribution in [2.45, 2.75) is 13.3 Å². The van der Waals surface area contributed by atoms with Crippen molar-refractivity contribution >= 4 is 33.3 Å². The molecule has 3 N–H and O–H groups in total. The smallest absolute Gasteiger partial charge is 0.223 e. The molecule has 0 saturated heterocycles. The molecule has 0 aliphatic rings. The van der Waals surface area contributed by atoms with Crippen molar-refractivity contribution in [2.24, 2.45) is 7.05 Å². The molecule has 3 rings (SSSR count). The largest absolute Gasteiger partial charge is 0.369 e. The molecule has 0 aromatic carbocycles. The molecular formula is C12H15N7S. The zero-order valence-corrected chi connectivity index (χ0v) is 12.1. The Morgan fingerprint density at radius 2 is 2.25 bits per heavy atom. The van der Waals surface area contributed by atoms with Crippen LogP contribution in [0.15, 0.2) is 12.4 Å². The Hall–Kier alpha value is -2.22. The number of fused-ring (bicyclic) bond motifs is 1. The fourth-order valence-corrected chi connectivity index (χ4v) is 2.91. The van der Waals surface area contributed by atoms with Crippen molar-refractivity contribution in [3.8, 4) is 0 Å². The normalized spacial score (nSPS) is 11.1. The first-order chi connectivity index (χ1) is 9.63. The highest BCUT2D eigenvalue weighted by Gasteiger charge is 2.09. The fraction of sp³-hybridized carbons (Fsp3) is 0.333. The van der Waals surface area contributed by atoms with Gasteiger partial charge in [-0.25, -0.2) is 4.98 Å². The van der Waals surface area contributed by atoms with E-state index in [0.717, 1.165) is 28.3 Å². The number of aryl methyl sites for hydroxylation is 2. The summed E-state index contributed by atoms with van der Waals surface area (Å²) < 4.78 is 1.90. The maximum absolute atomic E-state index is 5.74. The summed E-state index contributed by atoms with van der Waals surface area (Å²) in [5.74, 6) is 2.00. The first kappa shape index (κ1) is 12.8. The van der Waals surface area contributed by atoms with Gasteiger partial charge in [-0.15, -0.1) is 21.5 Å². The summed E-state index contributed by atoms with van der Waals surface area (Å²) in [4.78, 5) is 10.6. The van der Waals surface area contributed by atoms with Crippen molar-refractivity contribution < 1.29 is 0 Å². The van der Waals surface area contributed by atoms with Gasteiger partial charge in [0.1, 0.15) is 22.8 Å². The molecular weight excluding hydrogens is 274 g/mol. The number of aromatic nitrogens is 5. The average Bonchev–Trinajstić information content (AvgIpc) is 2.95. The Labute approximate surface area is 119 Å². The summed E-state index contributed by atoms with van der Waals surface area (Å²) in [7, 11) is 1.93. The predicted octanol–water partition coefficient (Wildman–Crippen LogP) is 1.37. The number of nitrogens with zero attached hydrogens (tertiary/aromatic N) is 5. The number of thiophene rings is 1. The maximum Gasteiger partial charge on any atom is 0.223 e. The minimum absolute atomic E-state index is 0.292. The Morgan fingerprint density at radius 3 is 3.00 bits per heavy atom. The van der Waals surface area contributed by atoms with Crippen LogP contribution in [0.2, 0.25) is 0 Å². The molecule has 0 saturated carbocycles. The van der Waals surface area contributed by atoms with E-state index in [1.807, 2.05) is 18.5 Å². The van der Waals surface area contributed by atoms with Gasteiger partial charge in [0.25, 0.3) is 0 Å². The SMILES string of the molecule is Cc1cc2c(NCCc3nncn3C)nc(N)nc2s1. The van der Waals surface area contributed by atoms with Gasteiger partial charge in [-0.05, 0) is 13.0 Å². The van der Waals surface area contributed by atoms with Crippen LogP contribution >= 0.6 is 11.3 Å². The molecule has 20 heavy (non-hydrogen) atoms. The quantitative estimate of drug-likeness (QED) is 0.753. The summed E-state index contributed by atoms with van der Waals surface area (Å²) in [5.41, 5.74) is 5.74. The molecule has 7 nitrogen and oxygen atoms in total. The molecule has 104 valence electrons. The first-order valence-corrected chi connectivity index (χ1v) is 7.05. The van der Waals surface area contributed by atoms with Crippen molar-refractivity contribution in [1.29, 1.82) is 0 Å². The lowest BCUT2D eigenvalue weighted by atomic mass is 10.3. The Bertz CT molecular complexity index is 745. The zero-order chi connectivity index (χ0) is 14.1. The molecule has 0 amide bonds. The monoisotopic (exact) mass is 289 g/mol. The van der Waals surface area contributed by atoms with Crippen LogP contribution < -0.4 is 11.1 Å². The van der Waals surface area contributed by atoms with Gasteiger partial charge in [-0.2, -0.15) is 4.98 Å². The van der Waals surface area contributed by atoms with Crippen LogP contribution in [0, 0.1) is 6.92 Å². The Morgan fingerprint density at radius 1 is 1.40 bits per heavy atom. The minimum atomic E-state index is 0.292. The minimum Gasteiger partial charge on any atom is -0.369 e. The van der Waals surface area contributed by atoms with Crippen LogP contribution in [-0.4, -0.2) is 31.3 Å². The van der Waals surface area contributed by atoms with Crippen molar-refractivity contribution in [1.82, 2.24) is 24.7 Å². The highest BCUT2D eigenvalue weighted by molar-refractivity contribution is 7.18. The van der Waals surface area contributed by atoms with Gasteiger partial charge >= 0.3 is 0 Å². The van der Waals surface area contributed by atoms with Gasteiger partial charge in [-0.1, -0.05) is 0 Å². The average molecular weight is 289 g/mol. The zero-order valence-electron chi connectivity index (χ0n) is 11.3. The van der Waals surface area contributed by atoms with Gasteiger partial charge < -0.3 is 15.6 Å². The number of hydrogen-bond donors (Lipinski definition) is 2. The molecule has 3 aromatic heterocycles. The molecule has 0 aliphatic carbocycles. The molecule has 0 bridgehead atoms. The third-order valence-corrected chi connectivity index (χ3v) is 3.92.